The van der Waals surface area contributed by atoms with Gasteiger partial charge >= 0.3 is 60.7 Å². The van der Waals surface area contributed by atoms with Crippen LogP contribution in [0.5, 0.6) is 0 Å². The Bertz CT molecular complexity index is 809. The van der Waals surface area contributed by atoms with Gasteiger partial charge in [-0.05, 0) is 12.8 Å². The summed E-state index contributed by atoms with van der Waals surface area (Å²) in [5.41, 5.74) is -15.5. The van der Waals surface area contributed by atoms with Gasteiger partial charge in [0.15, 0.2) is 0 Å². The van der Waals surface area contributed by atoms with Crippen molar-refractivity contribution in [3.05, 3.63) is 0 Å². The Morgan fingerprint density at radius 3 is 0.500 bits per heavy atom. The number of hydrogen-bond acceptors (Lipinski definition) is 0. The van der Waals surface area contributed by atoms with Crippen LogP contribution in [0.1, 0.15) is 25.7 Å². The Balaban J connectivity index is 7.22. The van der Waals surface area contributed by atoms with Gasteiger partial charge in [-0.1, -0.05) is 12.8 Å². The van der Waals surface area contributed by atoms with E-state index in [1.807, 2.05) is 0 Å². The molecular weight excluding hydrogens is 686 g/mol. The molecule has 0 aliphatic carbocycles. The Kier molecular flexibility index (Phi) is 9.93. The minimum absolute atomic E-state index is 3.20. The first kappa shape index (κ1) is 40.2. The molecule has 0 saturated heterocycles. The molecule has 26 heteroatoms. The van der Waals surface area contributed by atoms with E-state index < -0.39 is 97.3 Å². The normalized spacial score (nSPS) is 16.7. The van der Waals surface area contributed by atoms with Gasteiger partial charge in [-0.2, -0.15) is 114 Å². The van der Waals surface area contributed by atoms with E-state index in [1.54, 1.807) is 0 Å². The summed E-state index contributed by atoms with van der Waals surface area (Å²) >= 11 is 0. The zero-order chi connectivity index (χ0) is 34.8. The molecule has 0 aliphatic heterocycles. The molecule has 254 valence electrons. The summed E-state index contributed by atoms with van der Waals surface area (Å²) in [6.45, 7) is 0. The van der Waals surface area contributed by atoms with Crippen molar-refractivity contribution in [1.82, 2.24) is 0 Å². The number of unbranched alkanes of at least 4 members (excludes halogenated alkanes) is 1. The van der Waals surface area contributed by atoms with Gasteiger partial charge in [-0.3, -0.25) is 0 Å². The first-order chi connectivity index (χ1) is 17.7. The van der Waals surface area contributed by atoms with Gasteiger partial charge in [-0.15, -0.1) is 0 Å². The summed E-state index contributed by atoms with van der Waals surface area (Å²) in [4.78, 5) is 0. The molecule has 0 aromatic heterocycles. The molecule has 0 bridgehead atoms. The van der Waals surface area contributed by atoms with Gasteiger partial charge in [-0.25, -0.2) is 0 Å². The average Bonchev–Trinajstić information content (AvgIpc) is 2.63. The van der Waals surface area contributed by atoms with Crippen LogP contribution in [-0.2, 0) is 0 Å². The molecule has 0 unspecified atom stereocenters. The Hall–Kier alpha value is -1.82. The van der Waals surface area contributed by atoms with E-state index in [9.17, 15) is 114 Å². The Labute approximate surface area is 213 Å². The van der Waals surface area contributed by atoms with Crippen LogP contribution in [0.2, 0.25) is 0 Å². The standard InChI is InChI=1S/C16H8F26/c17-7(18,9(21,22)15(37,38)39)5(11(25,26)27,12(28,29)30)3-1-2-4-6(13(31,32)33,14(34,35)36)8(19,20)10(23,24)16(40,41)42/h1-4H2. The summed E-state index contributed by atoms with van der Waals surface area (Å²) in [5, 5.41) is 0. The van der Waals surface area contributed by atoms with E-state index in [0.717, 1.165) is 0 Å². The van der Waals surface area contributed by atoms with Crippen LogP contribution in [0.15, 0.2) is 0 Å². The third kappa shape index (κ3) is 5.59. The molecule has 0 spiro atoms. The van der Waals surface area contributed by atoms with Gasteiger partial charge in [0.1, 0.15) is 0 Å². The van der Waals surface area contributed by atoms with Crippen molar-refractivity contribution in [2.24, 2.45) is 10.8 Å². The van der Waals surface area contributed by atoms with Crippen molar-refractivity contribution >= 4 is 0 Å². The molecule has 0 N–H and O–H groups in total. The number of rotatable bonds is 9. The molecule has 0 amide bonds. The molecule has 0 saturated carbocycles. The maximum atomic E-state index is 13.9. The maximum Gasteiger partial charge on any atom is 0.459 e. The quantitative estimate of drug-likeness (QED) is 0.167. The third-order valence-electron chi connectivity index (χ3n) is 5.86. The minimum Gasteiger partial charge on any atom is -0.198 e. The highest BCUT2D eigenvalue weighted by molar-refractivity contribution is 5.13. The molecule has 0 heterocycles. The molecule has 0 fully saturated rings. The molecule has 0 aromatic rings. The zero-order valence-electron chi connectivity index (χ0n) is 18.7. The zero-order valence-corrected chi connectivity index (χ0v) is 18.7. The fourth-order valence-electron chi connectivity index (χ4n) is 3.59. The molecular formula is C16H8F26. The van der Waals surface area contributed by atoms with E-state index >= 15 is 0 Å². The Morgan fingerprint density at radius 2 is 0.381 bits per heavy atom. The number of alkyl halides is 26. The molecule has 0 nitrogen and oxygen atoms in total. The lowest BCUT2D eigenvalue weighted by Crippen LogP contribution is -2.70. The van der Waals surface area contributed by atoms with E-state index in [4.69, 9.17) is 0 Å². The van der Waals surface area contributed by atoms with Crippen molar-refractivity contribution in [2.45, 2.75) is 86.4 Å². The SMILES string of the molecule is FC(F)(F)C(F)(F)C(F)(F)C(CCCCC(C(F)(F)F)(C(F)(F)F)C(F)(F)C(F)(F)C(F)(F)F)(C(F)(F)F)C(F)(F)F. The van der Waals surface area contributed by atoms with Crippen molar-refractivity contribution in [3.8, 4) is 0 Å². The lowest BCUT2D eigenvalue weighted by molar-refractivity contribution is -0.465. The highest BCUT2D eigenvalue weighted by Gasteiger charge is 2.93. The highest BCUT2D eigenvalue weighted by atomic mass is 19.5. The van der Waals surface area contributed by atoms with Crippen LogP contribution in [0, 0.1) is 10.8 Å². The molecule has 0 aromatic carbocycles. The second kappa shape index (κ2) is 10.4. The highest BCUT2D eigenvalue weighted by Crippen LogP contribution is 2.69. The van der Waals surface area contributed by atoms with Crippen LogP contribution in [0.3, 0.4) is 0 Å². The first-order valence-corrected chi connectivity index (χ1v) is 9.62. The van der Waals surface area contributed by atoms with Crippen LogP contribution < -0.4 is 0 Å². The molecule has 0 atom stereocenters. The molecule has 0 radical (unpaired) electrons. The topological polar surface area (TPSA) is 0 Å². The van der Waals surface area contributed by atoms with Crippen molar-refractivity contribution in [2.75, 3.05) is 0 Å². The number of halogens is 26. The molecule has 42 heavy (non-hydrogen) atoms. The fraction of sp³-hybridized carbons (Fsp3) is 1.00. The van der Waals surface area contributed by atoms with Crippen LogP contribution >= 0.6 is 0 Å². The van der Waals surface area contributed by atoms with Gasteiger partial charge in [0, 0.05) is 0 Å². The summed E-state index contributed by atoms with van der Waals surface area (Å²) in [6, 6.07) is 0. The summed E-state index contributed by atoms with van der Waals surface area (Å²) in [7, 11) is 0. The largest absolute Gasteiger partial charge is 0.459 e. The van der Waals surface area contributed by atoms with Gasteiger partial charge < -0.3 is 0 Å². The monoisotopic (exact) mass is 694 g/mol. The fourth-order valence-corrected chi connectivity index (χ4v) is 3.59. The molecule has 0 rings (SSSR count). The van der Waals surface area contributed by atoms with Crippen molar-refractivity contribution < 1.29 is 114 Å². The van der Waals surface area contributed by atoms with E-state index in [2.05, 4.69) is 0 Å². The van der Waals surface area contributed by atoms with Crippen LogP contribution in [0.4, 0.5) is 114 Å². The lowest BCUT2D eigenvalue weighted by Gasteiger charge is -2.46. The second-order valence-corrected chi connectivity index (χ2v) is 8.30. The Morgan fingerprint density at radius 1 is 0.214 bits per heavy atom. The first-order valence-electron chi connectivity index (χ1n) is 9.62. The number of hydrogen-bond donors (Lipinski definition) is 0. The van der Waals surface area contributed by atoms with E-state index in [-0.39, 0.29) is 0 Å². The third-order valence-corrected chi connectivity index (χ3v) is 5.86. The van der Waals surface area contributed by atoms with Gasteiger partial charge in [0.2, 0.25) is 10.8 Å². The van der Waals surface area contributed by atoms with Crippen molar-refractivity contribution in [3.63, 3.8) is 0 Å². The average molecular weight is 694 g/mol. The van der Waals surface area contributed by atoms with Crippen molar-refractivity contribution in [1.29, 1.82) is 0 Å². The second-order valence-electron chi connectivity index (χ2n) is 8.30. The predicted octanol–water partition coefficient (Wildman–Crippen LogP) is 10.4. The van der Waals surface area contributed by atoms with E-state index in [1.165, 1.54) is 0 Å². The summed E-state index contributed by atoms with van der Waals surface area (Å²) in [6.07, 6.45) is -62.8. The summed E-state index contributed by atoms with van der Waals surface area (Å²) < 4.78 is 341. The van der Waals surface area contributed by atoms with Crippen LogP contribution in [0.25, 0.3) is 0 Å². The minimum atomic E-state index is -8.45. The summed E-state index contributed by atoms with van der Waals surface area (Å²) in [5.74, 6) is -33.6. The molecule has 0 aliphatic rings. The van der Waals surface area contributed by atoms with Gasteiger partial charge in [0.25, 0.3) is 0 Å². The van der Waals surface area contributed by atoms with Gasteiger partial charge in [0.05, 0.1) is 0 Å². The van der Waals surface area contributed by atoms with Crippen LogP contribution in [-0.4, -0.2) is 60.7 Å². The van der Waals surface area contributed by atoms with E-state index in [0.29, 0.717) is 0 Å². The maximum absolute atomic E-state index is 13.9. The predicted molar refractivity (Wildman–Crippen MR) is 79.5 cm³/mol. The smallest absolute Gasteiger partial charge is 0.198 e. The lowest BCUT2D eigenvalue weighted by atomic mass is 9.69.